The number of amides is 1. The molecule has 1 aliphatic heterocycles. The first-order valence-electron chi connectivity index (χ1n) is 9.50. The molecule has 1 saturated heterocycles. The molecule has 0 bridgehead atoms. The Morgan fingerprint density at radius 3 is 2.89 bits per heavy atom. The Balaban J connectivity index is 1.81. The zero-order chi connectivity index (χ0) is 19.8. The Morgan fingerprint density at radius 2 is 2.14 bits per heavy atom. The number of nitrogens with one attached hydrogen (secondary N) is 1. The molecule has 3 heterocycles. The van der Waals surface area contributed by atoms with E-state index < -0.39 is 0 Å². The molecule has 7 heteroatoms. The van der Waals surface area contributed by atoms with Crippen molar-refractivity contribution in [1.29, 1.82) is 0 Å². The highest BCUT2D eigenvalue weighted by Gasteiger charge is 2.32. The quantitative estimate of drug-likeness (QED) is 0.719. The fraction of sp³-hybridized carbons (Fsp3) is 0.381. The van der Waals surface area contributed by atoms with E-state index >= 15 is 0 Å². The average Bonchev–Trinajstić information content (AvgIpc) is 3.08. The molecule has 1 aliphatic rings. The summed E-state index contributed by atoms with van der Waals surface area (Å²) in [4.78, 5) is 20.1. The Labute approximate surface area is 168 Å². The van der Waals surface area contributed by atoms with E-state index in [9.17, 15) is 4.79 Å². The van der Waals surface area contributed by atoms with Gasteiger partial charge in [0.2, 0.25) is 0 Å². The van der Waals surface area contributed by atoms with Gasteiger partial charge in [-0.3, -0.25) is 4.79 Å². The van der Waals surface area contributed by atoms with Crippen molar-refractivity contribution in [3.8, 4) is 0 Å². The number of carbonyl (C=O) groups is 1. The molecule has 1 fully saturated rings. The lowest BCUT2D eigenvalue weighted by molar-refractivity contribution is 0.0636. The Kier molecular flexibility index (Phi) is 5.08. The summed E-state index contributed by atoms with van der Waals surface area (Å²) in [5, 5.41) is 8.76. The van der Waals surface area contributed by atoms with Crippen LogP contribution >= 0.6 is 11.6 Å². The van der Waals surface area contributed by atoms with Gasteiger partial charge in [-0.25, -0.2) is 4.98 Å². The largest absolute Gasteiger partial charge is 0.336 e. The van der Waals surface area contributed by atoms with Crippen molar-refractivity contribution in [3.63, 3.8) is 0 Å². The Bertz CT molecular complexity index is 1030. The van der Waals surface area contributed by atoms with Gasteiger partial charge in [-0.2, -0.15) is 0 Å². The summed E-state index contributed by atoms with van der Waals surface area (Å²) in [6, 6.07) is 9.43. The van der Waals surface area contributed by atoms with E-state index in [2.05, 4.69) is 15.5 Å². The van der Waals surface area contributed by atoms with Crippen molar-refractivity contribution in [2.75, 3.05) is 19.6 Å². The Morgan fingerprint density at radius 1 is 1.36 bits per heavy atom. The van der Waals surface area contributed by atoms with E-state index in [0.717, 1.165) is 17.8 Å². The van der Waals surface area contributed by atoms with Crippen LogP contribution in [0.5, 0.6) is 0 Å². The van der Waals surface area contributed by atoms with Crippen LogP contribution in [-0.2, 0) is 0 Å². The molecule has 4 rings (SSSR count). The van der Waals surface area contributed by atoms with E-state index in [4.69, 9.17) is 16.1 Å². The summed E-state index contributed by atoms with van der Waals surface area (Å²) in [7, 11) is 0. The molecule has 3 aromatic rings. The standard InChI is InChI=1S/C21H23ClN4O2/c1-12(2)17-10-15(19-13(3)25-28-20(19)24-17)21(27)26-9-8-23-11-18(26)14-6-4-5-7-16(14)22/h4-7,10,12,18,23H,8-9,11H2,1-3H3. The molecule has 1 amide bonds. The SMILES string of the molecule is Cc1noc2nc(C(C)C)cc(C(=O)N3CCNCC3c3ccccc3Cl)c12. The van der Waals surface area contributed by atoms with Gasteiger partial charge in [-0.15, -0.1) is 0 Å². The minimum Gasteiger partial charge on any atom is -0.336 e. The number of piperazine rings is 1. The number of halogens is 1. The van der Waals surface area contributed by atoms with Gasteiger partial charge in [0.05, 0.1) is 22.7 Å². The van der Waals surface area contributed by atoms with Crippen LogP contribution in [0.1, 0.15) is 53.1 Å². The normalized spacial score (nSPS) is 17.5. The van der Waals surface area contributed by atoms with Crippen molar-refractivity contribution in [3.05, 3.63) is 57.9 Å². The van der Waals surface area contributed by atoms with Gasteiger partial charge >= 0.3 is 0 Å². The van der Waals surface area contributed by atoms with Crippen LogP contribution in [0.15, 0.2) is 34.9 Å². The molecule has 28 heavy (non-hydrogen) atoms. The Hall–Kier alpha value is -2.44. The number of aryl methyl sites for hydroxylation is 1. The predicted molar refractivity (Wildman–Crippen MR) is 109 cm³/mol. The first kappa shape index (κ1) is 18.9. The smallest absolute Gasteiger partial charge is 0.259 e. The zero-order valence-corrected chi connectivity index (χ0v) is 17.0. The molecule has 0 aliphatic carbocycles. The lowest BCUT2D eigenvalue weighted by atomic mass is 9.99. The summed E-state index contributed by atoms with van der Waals surface area (Å²) in [6.07, 6.45) is 0. The molecule has 146 valence electrons. The molecule has 6 nitrogen and oxygen atoms in total. The lowest BCUT2D eigenvalue weighted by Gasteiger charge is -2.37. The van der Waals surface area contributed by atoms with Gasteiger partial charge < -0.3 is 14.7 Å². The van der Waals surface area contributed by atoms with Crippen molar-refractivity contribution in [1.82, 2.24) is 20.4 Å². The number of fused-ring (bicyclic) bond motifs is 1. The van der Waals surface area contributed by atoms with E-state index in [1.54, 1.807) is 0 Å². The molecular formula is C21H23ClN4O2. The minimum atomic E-state index is -0.138. The predicted octanol–water partition coefficient (Wildman–Crippen LogP) is 4.09. The van der Waals surface area contributed by atoms with Gasteiger partial charge in [0.1, 0.15) is 0 Å². The van der Waals surface area contributed by atoms with Crippen LogP contribution in [0.2, 0.25) is 5.02 Å². The van der Waals surface area contributed by atoms with Crippen molar-refractivity contribution in [2.45, 2.75) is 32.7 Å². The van der Waals surface area contributed by atoms with Gasteiger partial charge in [0.25, 0.3) is 11.6 Å². The maximum Gasteiger partial charge on any atom is 0.259 e. The van der Waals surface area contributed by atoms with Crippen LogP contribution < -0.4 is 5.32 Å². The molecular weight excluding hydrogens is 376 g/mol. The van der Waals surface area contributed by atoms with Gasteiger partial charge in [-0.1, -0.05) is 48.8 Å². The highest BCUT2D eigenvalue weighted by Crippen LogP contribution is 2.32. The monoisotopic (exact) mass is 398 g/mol. The summed E-state index contributed by atoms with van der Waals surface area (Å²) in [5.74, 6) is 0.121. The number of nitrogens with zero attached hydrogens (tertiary/aromatic N) is 3. The van der Waals surface area contributed by atoms with Crippen molar-refractivity contribution in [2.24, 2.45) is 0 Å². The summed E-state index contributed by atoms with van der Waals surface area (Å²) >= 11 is 6.44. The highest BCUT2D eigenvalue weighted by atomic mass is 35.5. The summed E-state index contributed by atoms with van der Waals surface area (Å²) < 4.78 is 5.38. The van der Waals surface area contributed by atoms with Crippen LogP contribution in [-0.4, -0.2) is 40.6 Å². The van der Waals surface area contributed by atoms with E-state index in [0.29, 0.717) is 40.5 Å². The fourth-order valence-corrected chi connectivity index (χ4v) is 3.97. The minimum absolute atomic E-state index is 0.0491. The third-order valence-electron chi connectivity index (χ3n) is 5.23. The molecule has 1 unspecified atom stereocenters. The molecule has 1 aromatic carbocycles. The summed E-state index contributed by atoms with van der Waals surface area (Å²) in [5.41, 5.74) is 3.44. The maximum absolute atomic E-state index is 13.7. The fourth-order valence-electron chi connectivity index (χ4n) is 3.70. The molecule has 2 aromatic heterocycles. The number of benzene rings is 1. The average molecular weight is 399 g/mol. The number of aromatic nitrogens is 2. The van der Waals surface area contributed by atoms with Gasteiger partial charge in [-0.05, 0) is 30.5 Å². The maximum atomic E-state index is 13.7. The molecule has 0 saturated carbocycles. The van der Waals surface area contributed by atoms with E-state index in [-0.39, 0.29) is 17.9 Å². The van der Waals surface area contributed by atoms with Crippen LogP contribution in [0.4, 0.5) is 0 Å². The first-order valence-corrected chi connectivity index (χ1v) is 9.88. The van der Waals surface area contributed by atoms with E-state index in [1.807, 2.05) is 56.0 Å². The number of carbonyl (C=O) groups excluding carboxylic acids is 1. The number of hydrogen-bond acceptors (Lipinski definition) is 5. The number of pyridine rings is 1. The van der Waals surface area contributed by atoms with Crippen LogP contribution in [0.3, 0.4) is 0 Å². The topological polar surface area (TPSA) is 71.3 Å². The second kappa shape index (κ2) is 7.53. The zero-order valence-electron chi connectivity index (χ0n) is 16.2. The lowest BCUT2D eigenvalue weighted by Crippen LogP contribution is -2.48. The second-order valence-corrected chi connectivity index (χ2v) is 7.84. The molecule has 0 radical (unpaired) electrons. The highest BCUT2D eigenvalue weighted by molar-refractivity contribution is 6.31. The van der Waals surface area contributed by atoms with Gasteiger partial charge in [0.15, 0.2) is 0 Å². The third kappa shape index (κ3) is 3.27. The number of hydrogen-bond donors (Lipinski definition) is 1. The van der Waals surface area contributed by atoms with Gasteiger partial charge in [0, 0.05) is 30.4 Å². The molecule has 1 atom stereocenters. The second-order valence-electron chi connectivity index (χ2n) is 7.44. The third-order valence-corrected chi connectivity index (χ3v) is 5.57. The first-order chi connectivity index (χ1) is 13.5. The summed E-state index contributed by atoms with van der Waals surface area (Å²) in [6.45, 7) is 7.92. The van der Waals surface area contributed by atoms with Crippen LogP contribution in [0, 0.1) is 6.92 Å². The van der Waals surface area contributed by atoms with E-state index in [1.165, 1.54) is 0 Å². The number of rotatable bonds is 3. The van der Waals surface area contributed by atoms with Crippen molar-refractivity contribution >= 4 is 28.6 Å². The molecule has 0 spiro atoms. The van der Waals surface area contributed by atoms with Crippen molar-refractivity contribution < 1.29 is 9.32 Å². The molecule has 1 N–H and O–H groups in total. The van der Waals surface area contributed by atoms with Crippen LogP contribution in [0.25, 0.3) is 11.1 Å².